The molecule has 3 aromatic rings. The third-order valence-corrected chi connectivity index (χ3v) is 5.05. The third-order valence-electron chi connectivity index (χ3n) is 5.05. The van der Waals surface area contributed by atoms with Crippen molar-refractivity contribution in [2.45, 2.75) is 39.2 Å². The number of nitrogens with zero attached hydrogens (tertiary/aromatic N) is 1. The molecule has 5 heteroatoms. The summed E-state index contributed by atoms with van der Waals surface area (Å²) in [6, 6.07) is 15.0. The maximum atomic E-state index is 12.7. The Kier molecular flexibility index (Phi) is 4.82. The summed E-state index contributed by atoms with van der Waals surface area (Å²) in [5.74, 6) is -0.165. The average molecular weight is 375 g/mol. The second kappa shape index (κ2) is 7.43. The molecule has 0 fully saturated rings. The van der Waals surface area contributed by atoms with Crippen LogP contribution in [0.1, 0.15) is 51.1 Å². The summed E-state index contributed by atoms with van der Waals surface area (Å²) in [5.41, 5.74) is 3.94. The summed E-state index contributed by atoms with van der Waals surface area (Å²) in [6.07, 6.45) is 2.27. The van der Waals surface area contributed by atoms with Gasteiger partial charge < -0.3 is 9.15 Å². The van der Waals surface area contributed by atoms with E-state index in [4.69, 9.17) is 9.15 Å². The van der Waals surface area contributed by atoms with Gasteiger partial charge in [-0.15, -0.1) is 0 Å². The fourth-order valence-electron chi connectivity index (χ4n) is 3.52. The van der Waals surface area contributed by atoms with Gasteiger partial charge in [-0.2, -0.15) is 0 Å². The molecule has 0 N–H and O–H groups in total. The number of hydrogen-bond donors (Lipinski definition) is 0. The van der Waals surface area contributed by atoms with E-state index >= 15 is 0 Å². The van der Waals surface area contributed by atoms with E-state index in [-0.39, 0.29) is 11.5 Å². The van der Waals surface area contributed by atoms with Crippen molar-refractivity contribution in [3.63, 3.8) is 0 Å². The molecule has 1 aliphatic rings. The molecule has 0 bridgehead atoms. The van der Waals surface area contributed by atoms with Crippen LogP contribution in [-0.2, 0) is 17.6 Å². The Morgan fingerprint density at radius 2 is 1.82 bits per heavy atom. The number of aryl methyl sites for hydroxylation is 3. The number of benzene rings is 2. The van der Waals surface area contributed by atoms with Crippen molar-refractivity contribution in [2.75, 3.05) is 0 Å². The van der Waals surface area contributed by atoms with E-state index in [1.165, 1.54) is 11.1 Å². The van der Waals surface area contributed by atoms with Gasteiger partial charge >= 0.3 is 5.97 Å². The maximum Gasteiger partial charge on any atom is 0.361 e. The van der Waals surface area contributed by atoms with Crippen LogP contribution in [0.4, 0.5) is 0 Å². The van der Waals surface area contributed by atoms with E-state index in [0.29, 0.717) is 17.2 Å². The first-order valence-corrected chi connectivity index (χ1v) is 9.43. The van der Waals surface area contributed by atoms with Crippen LogP contribution in [0.3, 0.4) is 0 Å². The molecule has 0 amide bonds. The van der Waals surface area contributed by atoms with Gasteiger partial charge in [0.05, 0.1) is 0 Å². The minimum absolute atomic E-state index is 0.0902. The van der Waals surface area contributed by atoms with Crippen molar-refractivity contribution in [1.82, 2.24) is 4.98 Å². The molecular weight excluding hydrogens is 354 g/mol. The molecule has 5 nitrogen and oxygen atoms in total. The molecule has 0 spiro atoms. The van der Waals surface area contributed by atoms with Crippen molar-refractivity contribution in [2.24, 2.45) is 0 Å². The number of esters is 1. The van der Waals surface area contributed by atoms with Crippen LogP contribution in [0.15, 0.2) is 52.9 Å². The lowest BCUT2D eigenvalue weighted by Gasteiger charge is -2.12. The summed E-state index contributed by atoms with van der Waals surface area (Å²) in [7, 11) is 0. The smallest absolute Gasteiger partial charge is 0.361 e. The number of carbonyl (C=O) groups excluding carboxylic acids is 2. The number of Topliss-reactive ketones (excluding diaryl/α,β-unsaturated/α-hetero) is 1. The Balaban J connectivity index is 1.49. The number of rotatable bonds is 5. The van der Waals surface area contributed by atoms with Crippen LogP contribution in [0, 0.1) is 6.92 Å². The summed E-state index contributed by atoms with van der Waals surface area (Å²) in [6.45, 7) is 3.24. The predicted molar refractivity (Wildman–Crippen MR) is 104 cm³/mol. The Morgan fingerprint density at radius 3 is 2.61 bits per heavy atom. The van der Waals surface area contributed by atoms with Crippen molar-refractivity contribution >= 4 is 11.8 Å². The second-order valence-corrected chi connectivity index (χ2v) is 7.04. The summed E-state index contributed by atoms with van der Waals surface area (Å²) in [5, 5.41) is 0. The lowest BCUT2D eigenvalue weighted by molar-refractivity contribution is 0.0312. The van der Waals surface area contributed by atoms with E-state index < -0.39 is 12.1 Å². The lowest BCUT2D eigenvalue weighted by Crippen LogP contribution is -2.25. The van der Waals surface area contributed by atoms with E-state index in [1.54, 1.807) is 13.8 Å². The van der Waals surface area contributed by atoms with Crippen LogP contribution in [0.2, 0.25) is 0 Å². The monoisotopic (exact) mass is 375 g/mol. The molecule has 0 aliphatic heterocycles. The van der Waals surface area contributed by atoms with Gasteiger partial charge in [0.1, 0.15) is 5.76 Å². The van der Waals surface area contributed by atoms with Gasteiger partial charge in [0, 0.05) is 11.1 Å². The molecule has 1 atom stereocenters. The molecule has 0 saturated carbocycles. The third kappa shape index (κ3) is 3.48. The molecule has 2 aromatic carbocycles. The Labute approximate surface area is 163 Å². The minimum Gasteiger partial charge on any atom is -0.449 e. The highest BCUT2D eigenvalue weighted by Gasteiger charge is 2.25. The number of ether oxygens (including phenoxy) is 1. The highest BCUT2D eigenvalue weighted by atomic mass is 16.5. The quantitative estimate of drug-likeness (QED) is 0.483. The van der Waals surface area contributed by atoms with E-state index in [2.05, 4.69) is 4.98 Å². The Morgan fingerprint density at radius 1 is 1.07 bits per heavy atom. The molecule has 1 heterocycles. The lowest BCUT2D eigenvalue weighted by atomic mass is 10.0. The number of ketones is 1. The fraction of sp³-hybridized carbons (Fsp3) is 0.261. The molecule has 0 unspecified atom stereocenters. The first-order chi connectivity index (χ1) is 13.5. The number of fused-ring (bicyclic) bond motifs is 1. The topological polar surface area (TPSA) is 69.4 Å². The summed E-state index contributed by atoms with van der Waals surface area (Å²) in [4.78, 5) is 29.5. The molecule has 1 aromatic heterocycles. The van der Waals surface area contributed by atoms with E-state index in [9.17, 15) is 9.59 Å². The Bertz CT molecular complexity index is 1040. The van der Waals surface area contributed by atoms with E-state index in [1.807, 2.05) is 48.5 Å². The van der Waals surface area contributed by atoms with Crippen LogP contribution >= 0.6 is 0 Å². The van der Waals surface area contributed by atoms with Crippen molar-refractivity contribution in [1.29, 1.82) is 0 Å². The van der Waals surface area contributed by atoms with Crippen LogP contribution in [-0.4, -0.2) is 22.8 Å². The van der Waals surface area contributed by atoms with Gasteiger partial charge in [0.25, 0.3) is 0 Å². The van der Waals surface area contributed by atoms with Gasteiger partial charge in [-0.05, 0) is 62.4 Å². The number of carbonyl (C=O) groups is 2. The second-order valence-electron chi connectivity index (χ2n) is 7.04. The zero-order valence-electron chi connectivity index (χ0n) is 15.9. The molecule has 28 heavy (non-hydrogen) atoms. The Hall–Kier alpha value is -3.21. The number of aromatic nitrogens is 1. The molecule has 142 valence electrons. The van der Waals surface area contributed by atoms with E-state index in [0.717, 1.165) is 24.8 Å². The van der Waals surface area contributed by atoms with Crippen LogP contribution in [0.5, 0.6) is 0 Å². The summed E-state index contributed by atoms with van der Waals surface area (Å²) < 4.78 is 11.0. The van der Waals surface area contributed by atoms with Gasteiger partial charge in [-0.25, -0.2) is 9.78 Å². The van der Waals surface area contributed by atoms with Crippen LogP contribution in [0.25, 0.3) is 11.5 Å². The number of oxazole rings is 1. The molecule has 4 rings (SSSR count). The SMILES string of the molecule is Cc1oc(-c2ccccc2)nc1C(=O)O[C@H](C)C(=O)c1ccc2c(c1)CCC2. The minimum atomic E-state index is -0.900. The molecule has 0 radical (unpaired) electrons. The zero-order valence-corrected chi connectivity index (χ0v) is 15.9. The first-order valence-electron chi connectivity index (χ1n) is 9.43. The fourth-order valence-corrected chi connectivity index (χ4v) is 3.52. The first kappa shape index (κ1) is 18.2. The average Bonchev–Trinajstić information content (AvgIpc) is 3.33. The highest BCUT2D eigenvalue weighted by Crippen LogP contribution is 2.25. The zero-order chi connectivity index (χ0) is 19.7. The van der Waals surface area contributed by atoms with Crippen molar-refractivity contribution in [3.8, 4) is 11.5 Å². The van der Waals surface area contributed by atoms with Gasteiger partial charge in [-0.3, -0.25) is 4.79 Å². The molecule has 0 saturated heterocycles. The van der Waals surface area contributed by atoms with Gasteiger partial charge in [-0.1, -0.05) is 30.3 Å². The van der Waals surface area contributed by atoms with Gasteiger partial charge in [0.2, 0.25) is 11.7 Å². The van der Waals surface area contributed by atoms with Crippen molar-refractivity contribution in [3.05, 3.63) is 76.7 Å². The highest BCUT2D eigenvalue weighted by molar-refractivity contribution is 6.01. The number of hydrogen-bond acceptors (Lipinski definition) is 5. The van der Waals surface area contributed by atoms with Crippen LogP contribution < -0.4 is 0 Å². The predicted octanol–water partition coefficient (Wildman–Crippen LogP) is 4.57. The molecule has 1 aliphatic carbocycles. The molecular formula is C23H21NO4. The standard InChI is InChI=1S/C23H21NO4/c1-14-20(24-22(27-14)17-7-4-3-5-8-17)23(26)28-15(2)21(25)19-12-11-16-9-6-10-18(16)13-19/h3-5,7-8,11-13,15H,6,9-10H2,1-2H3/t15-/m1/s1. The maximum absolute atomic E-state index is 12.7. The van der Waals surface area contributed by atoms with Crippen molar-refractivity contribution < 1.29 is 18.7 Å². The normalized spacial score (nSPS) is 13.8. The van der Waals surface area contributed by atoms with Gasteiger partial charge in [0.15, 0.2) is 11.8 Å². The summed E-state index contributed by atoms with van der Waals surface area (Å²) >= 11 is 0. The largest absolute Gasteiger partial charge is 0.449 e.